The first-order valence-corrected chi connectivity index (χ1v) is 5.71. The molecule has 5 nitrogen and oxygen atoms in total. The zero-order chi connectivity index (χ0) is 13.5. The van der Waals surface area contributed by atoms with Gasteiger partial charge in [-0.2, -0.15) is 0 Å². The number of hydrogen-bond donors (Lipinski definition) is 1. The molecule has 100 valence electrons. The molecule has 0 bridgehead atoms. The van der Waals surface area contributed by atoms with Crippen molar-refractivity contribution in [3.05, 3.63) is 23.8 Å². The molecule has 0 aliphatic rings. The van der Waals surface area contributed by atoms with Gasteiger partial charge in [0, 0.05) is 11.6 Å². The first-order valence-electron chi connectivity index (χ1n) is 5.71. The summed E-state index contributed by atoms with van der Waals surface area (Å²) in [6.07, 6.45) is -0.449. The topological polar surface area (TPSA) is 56.8 Å². The van der Waals surface area contributed by atoms with Crippen molar-refractivity contribution < 1.29 is 19.0 Å². The molecule has 0 spiro atoms. The van der Waals surface area contributed by atoms with Crippen LogP contribution in [0.15, 0.2) is 18.2 Å². The Morgan fingerprint density at radius 1 is 1.28 bits per heavy atom. The number of carbonyl (C=O) groups is 1. The Kier molecular flexibility index (Phi) is 5.30. The van der Waals surface area contributed by atoms with E-state index in [1.165, 1.54) is 0 Å². The molecule has 1 amide bonds. The zero-order valence-corrected chi connectivity index (χ0v) is 11.1. The van der Waals surface area contributed by atoms with Crippen molar-refractivity contribution in [2.24, 2.45) is 0 Å². The van der Waals surface area contributed by atoms with E-state index in [1.807, 2.05) is 26.0 Å². The number of nitrogens with one attached hydrogen (secondary N) is 1. The molecular weight excluding hydrogens is 234 g/mol. The summed E-state index contributed by atoms with van der Waals surface area (Å²) in [5.41, 5.74) is 0.760. The normalized spacial score (nSPS) is 10.1. The lowest BCUT2D eigenvalue weighted by Crippen LogP contribution is -2.30. The van der Waals surface area contributed by atoms with Crippen LogP contribution in [0.1, 0.15) is 19.4 Å². The van der Waals surface area contributed by atoms with Gasteiger partial charge in [-0.05, 0) is 19.9 Å². The summed E-state index contributed by atoms with van der Waals surface area (Å²) in [7, 11) is 3.11. The fourth-order valence-corrected chi connectivity index (χ4v) is 1.49. The van der Waals surface area contributed by atoms with Gasteiger partial charge in [0.1, 0.15) is 6.61 Å². The van der Waals surface area contributed by atoms with Crippen LogP contribution in [0.3, 0.4) is 0 Å². The van der Waals surface area contributed by atoms with Crippen molar-refractivity contribution >= 4 is 6.09 Å². The second-order valence-corrected chi connectivity index (χ2v) is 4.03. The molecule has 0 atom stereocenters. The van der Waals surface area contributed by atoms with Gasteiger partial charge in [-0.3, -0.25) is 0 Å². The minimum absolute atomic E-state index is 0.0460. The summed E-state index contributed by atoms with van der Waals surface area (Å²) in [4.78, 5) is 11.4. The molecule has 0 radical (unpaired) electrons. The van der Waals surface area contributed by atoms with E-state index in [2.05, 4.69) is 5.32 Å². The molecule has 18 heavy (non-hydrogen) atoms. The molecule has 0 aliphatic carbocycles. The van der Waals surface area contributed by atoms with Crippen molar-refractivity contribution in [1.29, 1.82) is 0 Å². The van der Waals surface area contributed by atoms with Crippen molar-refractivity contribution in [1.82, 2.24) is 5.32 Å². The van der Waals surface area contributed by atoms with E-state index in [0.717, 1.165) is 5.56 Å². The van der Waals surface area contributed by atoms with Gasteiger partial charge >= 0.3 is 6.09 Å². The van der Waals surface area contributed by atoms with Crippen molar-refractivity contribution in [3.8, 4) is 11.5 Å². The Morgan fingerprint density at radius 2 is 2.00 bits per heavy atom. The average molecular weight is 253 g/mol. The molecule has 0 saturated heterocycles. The molecule has 1 rings (SSSR count). The fraction of sp³-hybridized carbons (Fsp3) is 0.462. The van der Waals surface area contributed by atoms with E-state index in [1.54, 1.807) is 20.3 Å². The van der Waals surface area contributed by atoms with Crippen LogP contribution in [0.5, 0.6) is 11.5 Å². The monoisotopic (exact) mass is 253 g/mol. The summed E-state index contributed by atoms with van der Waals surface area (Å²) in [5, 5.41) is 2.65. The molecule has 1 aromatic rings. The number of methoxy groups -OCH3 is 2. The predicted octanol–water partition coefficient (Wildman–Crippen LogP) is 2.34. The third-order valence-electron chi connectivity index (χ3n) is 2.25. The Morgan fingerprint density at radius 3 is 2.56 bits per heavy atom. The molecule has 0 heterocycles. The van der Waals surface area contributed by atoms with Gasteiger partial charge in [-0.25, -0.2) is 4.79 Å². The van der Waals surface area contributed by atoms with Crippen LogP contribution in [0.25, 0.3) is 0 Å². The number of benzene rings is 1. The predicted molar refractivity (Wildman–Crippen MR) is 68.0 cm³/mol. The zero-order valence-electron chi connectivity index (χ0n) is 11.1. The minimum Gasteiger partial charge on any atom is -0.493 e. The lowest BCUT2D eigenvalue weighted by Gasteiger charge is -2.13. The van der Waals surface area contributed by atoms with Gasteiger partial charge in [-0.1, -0.05) is 12.1 Å². The Bertz CT molecular complexity index is 404. The Balaban J connectivity index is 2.70. The molecule has 1 N–H and O–H groups in total. The molecule has 0 unspecified atom stereocenters. The van der Waals surface area contributed by atoms with Crippen LogP contribution in [-0.2, 0) is 11.3 Å². The maximum absolute atomic E-state index is 11.4. The Hall–Kier alpha value is -1.91. The van der Waals surface area contributed by atoms with Crippen LogP contribution >= 0.6 is 0 Å². The van der Waals surface area contributed by atoms with Gasteiger partial charge in [0.15, 0.2) is 11.5 Å². The number of alkyl carbamates (subject to hydrolysis) is 1. The molecule has 0 saturated carbocycles. The van der Waals surface area contributed by atoms with Gasteiger partial charge in [-0.15, -0.1) is 0 Å². The van der Waals surface area contributed by atoms with E-state index in [0.29, 0.717) is 11.5 Å². The van der Waals surface area contributed by atoms with Crippen molar-refractivity contribution in [2.45, 2.75) is 26.5 Å². The van der Waals surface area contributed by atoms with Gasteiger partial charge in [0.25, 0.3) is 0 Å². The standard InChI is InChI=1S/C13H19NO4/c1-9(2)14-13(15)18-8-10-6-5-7-11(16-3)12(10)17-4/h5-7,9H,8H2,1-4H3,(H,14,15). The third kappa shape index (κ3) is 3.84. The third-order valence-corrected chi connectivity index (χ3v) is 2.25. The van der Waals surface area contributed by atoms with E-state index in [-0.39, 0.29) is 12.6 Å². The maximum atomic E-state index is 11.4. The number of amides is 1. The smallest absolute Gasteiger partial charge is 0.407 e. The van der Waals surface area contributed by atoms with Crippen LogP contribution in [0.2, 0.25) is 0 Å². The minimum atomic E-state index is -0.449. The maximum Gasteiger partial charge on any atom is 0.407 e. The summed E-state index contributed by atoms with van der Waals surface area (Å²) >= 11 is 0. The Labute approximate surface area is 107 Å². The highest BCUT2D eigenvalue weighted by Gasteiger charge is 2.11. The highest BCUT2D eigenvalue weighted by atomic mass is 16.6. The molecule has 5 heteroatoms. The average Bonchev–Trinajstić information content (AvgIpc) is 2.34. The van der Waals surface area contributed by atoms with E-state index < -0.39 is 6.09 Å². The van der Waals surface area contributed by atoms with Crippen molar-refractivity contribution in [3.63, 3.8) is 0 Å². The van der Waals surface area contributed by atoms with Gasteiger partial charge in [0.05, 0.1) is 14.2 Å². The van der Waals surface area contributed by atoms with E-state index in [9.17, 15) is 4.79 Å². The first kappa shape index (κ1) is 14.2. The van der Waals surface area contributed by atoms with E-state index >= 15 is 0 Å². The summed E-state index contributed by atoms with van der Waals surface area (Å²) < 4.78 is 15.5. The number of ether oxygens (including phenoxy) is 3. The van der Waals surface area contributed by atoms with Crippen LogP contribution in [-0.4, -0.2) is 26.4 Å². The summed E-state index contributed by atoms with van der Waals surface area (Å²) in [5.74, 6) is 1.19. The lowest BCUT2D eigenvalue weighted by atomic mass is 10.2. The highest BCUT2D eigenvalue weighted by molar-refractivity contribution is 5.67. The van der Waals surface area contributed by atoms with Crippen molar-refractivity contribution in [2.75, 3.05) is 14.2 Å². The van der Waals surface area contributed by atoms with Crippen LogP contribution < -0.4 is 14.8 Å². The van der Waals surface area contributed by atoms with E-state index in [4.69, 9.17) is 14.2 Å². The number of carbonyl (C=O) groups excluding carboxylic acids is 1. The van der Waals surface area contributed by atoms with Gasteiger partial charge < -0.3 is 19.5 Å². The number of rotatable bonds is 5. The summed E-state index contributed by atoms with van der Waals surface area (Å²) in [6, 6.07) is 5.48. The second-order valence-electron chi connectivity index (χ2n) is 4.03. The fourth-order valence-electron chi connectivity index (χ4n) is 1.49. The SMILES string of the molecule is COc1cccc(COC(=O)NC(C)C)c1OC. The number of hydrogen-bond acceptors (Lipinski definition) is 4. The summed E-state index contributed by atoms with van der Waals surface area (Å²) in [6.45, 7) is 3.87. The molecule has 0 fully saturated rings. The van der Waals surface area contributed by atoms with Crippen LogP contribution in [0, 0.1) is 0 Å². The van der Waals surface area contributed by atoms with Gasteiger partial charge in [0.2, 0.25) is 0 Å². The first-order chi connectivity index (χ1) is 8.58. The highest BCUT2D eigenvalue weighted by Crippen LogP contribution is 2.30. The molecular formula is C13H19NO4. The van der Waals surface area contributed by atoms with Crippen LogP contribution in [0.4, 0.5) is 4.79 Å². The quantitative estimate of drug-likeness (QED) is 0.875. The lowest BCUT2D eigenvalue weighted by molar-refractivity contribution is 0.136. The number of para-hydroxylation sites is 1. The molecule has 0 aliphatic heterocycles. The molecule has 0 aromatic heterocycles. The second kappa shape index (κ2) is 6.74. The molecule has 1 aromatic carbocycles. The largest absolute Gasteiger partial charge is 0.493 e.